The van der Waals surface area contributed by atoms with Crippen LogP contribution in [0.5, 0.6) is 5.75 Å². The van der Waals surface area contributed by atoms with Crippen molar-refractivity contribution in [2.45, 2.75) is 26.6 Å². The number of thiazole rings is 1. The van der Waals surface area contributed by atoms with Crippen LogP contribution in [0.3, 0.4) is 0 Å². The summed E-state index contributed by atoms with van der Waals surface area (Å²) in [6.45, 7) is 3.50. The Morgan fingerprint density at radius 1 is 1.20 bits per heavy atom. The van der Waals surface area contributed by atoms with Gasteiger partial charge in [0.2, 0.25) is 0 Å². The maximum Gasteiger partial charge on any atom is 0.339 e. The van der Waals surface area contributed by atoms with Gasteiger partial charge in [-0.15, -0.1) is 11.3 Å². The standard InChI is InChI=1S/C21H18F2N2O4S/c1-12(20(26)25-19-7-6-15(22)9-18(19)23)29-21(27)14-4-3-5-17(8-14)28-10-16-11-30-13(2)24-16/h3-9,11-12H,10H2,1-2H3,(H,25,26). The first kappa shape index (κ1) is 21.4. The zero-order chi connectivity index (χ0) is 21.7. The Morgan fingerprint density at radius 3 is 2.70 bits per heavy atom. The molecular weight excluding hydrogens is 414 g/mol. The Morgan fingerprint density at radius 2 is 2.00 bits per heavy atom. The number of aryl methyl sites for hydroxylation is 1. The van der Waals surface area contributed by atoms with Crippen molar-refractivity contribution in [3.05, 3.63) is 75.7 Å². The topological polar surface area (TPSA) is 77.5 Å². The number of amides is 1. The molecule has 1 aromatic heterocycles. The van der Waals surface area contributed by atoms with Crippen molar-refractivity contribution in [1.29, 1.82) is 0 Å². The lowest BCUT2D eigenvalue weighted by Gasteiger charge is -2.14. The molecule has 1 amide bonds. The Balaban J connectivity index is 1.58. The number of hydrogen-bond acceptors (Lipinski definition) is 6. The first-order valence-corrected chi connectivity index (χ1v) is 9.80. The zero-order valence-electron chi connectivity index (χ0n) is 16.1. The van der Waals surface area contributed by atoms with Crippen LogP contribution in [0, 0.1) is 18.6 Å². The molecule has 0 saturated heterocycles. The zero-order valence-corrected chi connectivity index (χ0v) is 17.0. The van der Waals surface area contributed by atoms with E-state index in [0.717, 1.165) is 22.8 Å². The van der Waals surface area contributed by atoms with E-state index in [0.29, 0.717) is 11.8 Å². The molecule has 9 heteroatoms. The normalized spacial score (nSPS) is 11.6. The number of hydrogen-bond donors (Lipinski definition) is 1. The third kappa shape index (κ3) is 5.60. The summed E-state index contributed by atoms with van der Waals surface area (Å²) in [5, 5.41) is 5.07. The average Bonchev–Trinajstić information content (AvgIpc) is 3.13. The van der Waals surface area contributed by atoms with E-state index in [2.05, 4.69) is 10.3 Å². The van der Waals surface area contributed by atoms with E-state index >= 15 is 0 Å². The lowest BCUT2D eigenvalue weighted by molar-refractivity contribution is -0.123. The number of carbonyl (C=O) groups excluding carboxylic acids is 2. The van der Waals surface area contributed by atoms with Gasteiger partial charge in [-0.1, -0.05) is 6.07 Å². The number of carbonyl (C=O) groups is 2. The number of esters is 1. The van der Waals surface area contributed by atoms with Gasteiger partial charge in [-0.3, -0.25) is 4.79 Å². The van der Waals surface area contributed by atoms with Crippen LogP contribution in [0.25, 0.3) is 0 Å². The summed E-state index contributed by atoms with van der Waals surface area (Å²) in [5.41, 5.74) is 0.760. The lowest BCUT2D eigenvalue weighted by atomic mass is 10.2. The Hall–Kier alpha value is -3.33. The van der Waals surface area contributed by atoms with Gasteiger partial charge in [0.05, 0.1) is 22.0 Å². The molecule has 1 unspecified atom stereocenters. The number of nitrogens with one attached hydrogen (secondary N) is 1. The van der Waals surface area contributed by atoms with Gasteiger partial charge in [0, 0.05) is 11.4 Å². The quantitative estimate of drug-likeness (QED) is 0.557. The molecule has 0 aliphatic heterocycles. The van der Waals surface area contributed by atoms with Gasteiger partial charge in [-0.25, -0.2) is 18.6 Å². The summed E-state index contributed by atoms with van der Waals surface area (Å²) in [6, 6.07) is 9.05. The Kier molecular flexibility index (Phi) is 6.73. The lowest BCUT2D eigenvalue weighted by Crippen LogP contribution is -2.30. The van der Waals surface area contributed by atoms with E-state index in [4.69, 9.17) is 9.47 Å². The number of aromatic nitrogens is 1. The van der Waals surface area contributed by atoms with Crippen molar-refractivity contribution in [3.8, 4) is 5.75 Å². The molecule has 0 saturated carbocycles. The summed E-state index contributed by atoms with van der Waals surface area (Å²) in [4.78, 5) is 28.8. The summed E-state index contributed by atoms with van der Waals surface area (Å²) in [6.07, 6.45) is -1.20. The molecule has 30 heavy (non-hydrogen) atoms. The van der Waals surface area contributed by atoms with Crippen molar-refractivity contribution in [1.82, 2.24) is 4.98 Å². The Bertz CT molecular complexity index is 1070. The minimum Gasteiger partial charge on any atom is -0.487 e. The number of halogens is 2. The smallest absolute Gasteiger partial charge is 0.339 e. The van der Waals surface area contributed by atoms with E-state index in [1.54, 1.807) is 12.1 Å². The monoisotopic (exact) mass is 432 g/mol. The predicted molar refractivity (Wildman–Crippen MR) is 107 cm³/mol. The van der Waals surface area contributed by atoms with Gasteiger partial charge in [-0.2, -0.15) is 0 Å². The molecule has 1 atom stereocenters. The van der Waals surface area contributed by atoms with Crippen LogP contribution in [0.1, 0.15) is 28.0 Å². The van der Waals surface area contributed by atoms with Crippen molar-refractivity contribution < 1.29 is 27.8 Å². The van der Waals surface area contributed by atoms with Crippen molar-refractivity contribution in [2.75, 3.05) is 5.32 Å². The highest BCUT2D eigenvalue weighted by Crippen LogP contribution is 2.18. The summed E-state index contributed by atoms with van der Waals surface area (Å²) >= 11 is 1.51. The molecule has 1 N–H and O–H groups in total. The summed E-state index contributed by atoms with van der Waals surface area (Å²) in [5.74, 6) is -2.74. The van der Waals surface area contributed by atoms with Gasteiger partial charge < -0.3 is 14.8 Å². The minimum absolute atomic E-state index is 0.189. The van der Waals surface area contributed by atoms with Gasteiger partial charge in [0.15, 0.2) is 6.10 Å². The SMILES string of the molecule is Cc1nc(COc2cccc(C(=O)OC(C)C(=O)Nc3ccc(F)cc3F)c2)cs1. The maximum absolute atomic E-state index is 13.7. The highest BCUT2D eigenvalue weighted by Gasteiger charge is 2.20. The number of benzene rings is 2. The fourth-order valence-electron chi connectivity index (χ4n) is 2.45. The number of nitrogens with zero attached hydrogens (tertiary/aromatic N) is 1. The molecule has 2 aromatic carbocycles. The molecule has 0 fully saturated rings. The molecule has 1 heterocycles. The van der Waals surface area contributed by atoms with E-state index in [9.17, 15) is 18.4 Å². The van der Waals surface area contributed by atoms with Crippen LogP contribution in [0.2, 0.25) is 0 Å². The molecule has 0 radical (unpaired) electrons. The summed E-state index contributed by atoms with van der Waals surface area (Å²) < 4.78 is 37.4. The first-order valence-electron chi connectivity index (χ1n) is 8.92. The van der Waals surface area contributed by atoms with E-state index in [1.807, 2.05) is 12.3 Å². The molecular formula is C21H18F2N2O4S. The second-order valence-corrected chi connectivity index (χ2v) is 7.40. The van der Waals surface area contributed by atoms with Crippen LogP contribution in [0.4, 0.5) is 14.5 Å². The van der Waals surface area contributed by atoms with Gasteiger partial charge >= 0.3 is 5.97 Å². The van der Waals surface area contributed by atoms with Crippen LogP contribution < -0.4 is 10.1 Å². The molecule has 156 valence electrons. The van der Waals surface area contributed by atoms with Crippen molar-refractivity contribution in [3.63, 3.8) is 0 Å². The number of ether oxygens (including phenoxy) is 2. The Labute approximate surface area is 175 Å². The second kappa shape index (κ2) is 9.45. The minimum atomic E-state index is -1.20. The fraction of sp³-hybridized carbons (Fsp3) is 0.190. The molecule has 0 bridgehead atoms. The van der Waals surface area contributed by atoms with E-state index < -0.39 is 29.6 Å². The maximum atomic E-state index is 13.7. The van der Waals surface area contributed by atoms with Gasteiger partial charge in [0.1, 0.15) is 24.0 Å². The number of anilines is 1. The van der Waals surface area contributed by atoms with Crippen molar-refractivity contribution >= 4 is 28.9 Å². The summed E-state index contributed by atoms with van der Waals surface area (Å²) in [7, 11) is 0. The van der Waals surface area contributed by atoms with Crippen LogP contribution in [0.15, 0.2) is 47.8 Å². The molecule has 0 aliphatic rings. The third-order valence-electron chi connectivity index (χ3n) is 3.97. The van der Waals surface area contributed by atoms with Crippen LogP contribution >= 0.6 is 11.3 Å². The predicted octanol–water partition coefficient (Wildman–Crippen LogP) is 4.49. The molecule has 3 rings (SSSR count). The first-order chi connectivity index (χ1) is 14.3. The fourth-order valence-corrected chi connectivity index (χ4v) is 3.05. The third-order valence-corrected chi connectivity index (χ3v) is 4.79. The molecule has 3 aromatic rings. The second-order valence-electron chi connectivity index (χ2n) is 6.34. The molecule has 0 spiro atoms. The van der Waals surface area contributed by atoms with Gasteiger partial charge in [0.25, 0.3) is 5.91 Å². The van der Waals surface area contributed by atoms with Gasteiger partial charge in [-0.05, 0) is 44.2 Å². The molecule has 0 aliphatic carbocycles. The highest BCUT2D eigenvalue weighted by molar-refractivity contribution is 7.09. The number of rotatable bonds is 7. The van der Waals surface area contributed by atoms with Crippen LogP contribution in [-0.2, 0) is 16.1 Å². The van der Waals surface area contributed by atoms with E-state index in [1.165, 1.54) is 30.4 Å². The van der Waals surface area contributed by atoms with Crippen LogP contribution in [-0.4, -0.2) is 23.0 Å². The van der Waals surface area contributed by atoms with Crippen molar-refractivity contribution in [2.24, 2.45) is 0 Å². The van der Waals surface area contributed by atoms with E-state index in [-0.39, 0.29) is 17.9 Å². The largest absolute Gasteiger partial charge is 0.487 e. The highest BCUT2D eigenvalue weighted by atomic mass is 32.1. The molecule has 6 nitrogen and oxygen atoms in total. The average molecular weight is 432 g/mol.